The minimum atomic E-state index is -0.701. The summed E-state index contributed by atoms with van der Waals surface area (Å²) in [6, 6.07) is 4.22. The third-order valence-corrected chi connectivity index (χ3v) is 2.90. The number of hydrogen-bond donors (Lipinski definition) is 2. The number of nitrogens with two attached hydrogens (primary N) is 1. The van der Waals surface area contributed by atoms with Gasteiger partial charge in [-0.2, -0.15) is 0 Å². The summed E-state index contributed by atoms with van der Waals surface area (Å²) < 4.78 is 13.4. The van der Waals surface area contributed by atoms with Crippen molar-refractivity contribution >= 4 is 12.4 Å². The predicted octanol–water partition coefficient (Wildman–Crippen LogP) is 2.96. The fraction of sp³-hybridized carbons (Fsp3) is 0.538. The highest BCUT2D eigenvalue weighted by Crippen LogP contribution is 2.30. The molecule has 1 rings (SSSR count). The quantitative estimate of drug-likeness (QED) is 0.860. The highest BCUT2D eigenvalue weighted by molar-refractivity contribution is 5.85. The zero-order valence-electron chi connectivity index (χ0n) is 10.7. The van der Waals surface area contributed by atoms with Crippen molar-refractivity contribution in [2.45, 2.75) is 39.8 Å². The van der Waals surface area contributed by atoms with Crippen molar-refractivity contribution in [3.05, 3.63) is 35.1 Å². The molecular formula is C13H21ClFNO. The number of halogens is 2. The Kier molecular flexibility index (Phi) is 5.59. The fourth-order valence-electron chi connectivity index (χ4n) is 1.69. The average molecular weight is 262 g/mol. The van der Waals surface area contributed by atoms with Crippen LogP contribution < -0.4 is 5.73 Å². The molecule has 0 saturated carbocycles. The SMILES string of the molecule is Cc1c(F)cccc1[C@H](N)[C@H](O)C(C)(C)C.Cl. The molecule has 17 heavy (non-hydrogen) atoms. The second-order valence-electron chi connectivity index (χ2n) is 5.29. The number of benzene rings is 1. The van der Waals surface area contributed by atoms with Crippen molar-refractivity contribution in [2.75, 3.05) is 0 Å². The lowest BCUT2D eigenvalue weighted by Gasteiger charge is -2.31. The maximum absolute atomic E-state index is 13.4. The largest absolute Gasteiger partial charge is 0.391 e. The number of aliphatic hydroxyl groups is 1. The standard InChI is InChI=1S/C13H20FNO.ClH/c1-8-9(6-5-7-10(8)14)11(15)12(16)13(2,3)4;/h5-7,11-12,16H,15H2,1-4H3;1H/t11-,12-;/m0./s1. The maximum atomic E-state index is 13.4. The van der Waals surface area contributed by atoms with Crippen LogP contribution in [0.4, 0.5) is 4.39 Å². The van der Waals surface area contributed by atoms with Gasteiger partial charge in [0.05, 0.1) is 12.1 Å². The van der Waals surface area contributed by atoms with Gasteiger partial charge in [0.15, 0.2) is 0 Å². The van der Waals surface area contributed by atoms with Gasteiger partial charge in [0.1, 0.15) is 5.82 Å². The van der Waals surface area contributed by atoms with Crippen LogP contribution in [0.25, 0.3) is 0 Å². The molecule has 0 amide bonds. The summed E-state index contributed by atoms with van der Waals surface area (Å²) in [7, 11) is 0. The first kappa shape index (κ1) is 16.4. The van der Waals surface area contributed by atoms with Crippen LogP contribution in [-0.2, 0) is 0 Å². The van der Waals surface area contributed by atoms with Gasteiger partial charge in [0, 0.05) is 0 Å². The van der Waals surface area contributed by atoms with Crippen molar-refractivity contribution in [3.63, 3.8) is 0 Å². The van der Waals surface area contributed by atoms with Gasteiger partial charge in [-0.1, -0.05) is 32.9 Å². The first-order valence-corrected chi connectivity index (χ1v) is 5.44. The maximum Gasteiger partial charge on any atom is 0.126 e. The van der Waals surface area contributed by atoms with Gasteiger partial charge >= 0.3 is 0 Å². The first-order chi connectivity index (χ1) is 7.25. The summed E-state index contributed by atoms with van der Waals surface area (Å²) in [5.41, 5.74) is 6.84. The molecule has 0 heterocycles. The second-order valence-corrected chi connectivity index (χ2v) is 5.29. The Hall–Kier alpha value is -0.640. The zero-order valence-corrected chi connectivity index (χ0v) is 11.5. The monoisotopic (exact) mass is 261 g/mol. The van der Waals surface area contributed by atoms with E-state index in [0.717, 1.165) is 0 Å². The molecule has 0 radical (unpaired) electrons. The summed E-state index contributed by atoms with van der Waals surface area (Å²) in [4.78, 5) is 0. The first-order valence-electron chi connectivity index (χ1n) is 5.44. The molecule has 2 nitrogen and oxygen atoms in total. The third kappa shape index (κ3) is 3.66. The number of hydrogen-bond acceptors (Lipinski definition) is 2. The van der Waals surface area contributed by atoms with E-state index in [4.69, 9.17) is 5.73 Å². The van der Waals surface area contributed by atoms with Crippen LogP contribution in [0.2, 0.25) is 0 Å². The lowest BCUT2D eigenvalue weighted by Crippen LogP contribution is -2.37. The van der Waals surface area contributed by atoms with E-state index in [9.17, 15) is 9.50 Å². The molecule has 1 aromatic carbocycles. The molecule has 0 bridgehead atoms. The molecule has 0 spiro atoms. The van der Waals surface area contributed by atoms with Crippen molar-refractivity contribution < 1.29 is 9.50 Å². The molecule has 0 unspecified atom stereocenters. The Balaban J connectivity index is 0.00000256. The molecule has 0 aliphatic heterocycles. The smallest absolute Gasteiger partial charge is 0.126 e. The van der Waals surface area contributed by atoms with Crippen LogP contribution in [-0.4, -0.2) is 11.2 Å². The Morgan fingerprint density at radius 3 is 2.29 bits per heavy atom. The minimum absolute atomic E-state index is 0. The summed E-state index contributed by atoms with van der Waals surface area (Å²) in [6.45, 7) is 7.41. The van der Waals surface area contributed by atoms with Gasteiger partial charge in [-0.15, -0.1) is 12.4 Å². The Morgan fingerprint density at radius 1 is 1.29 bits per heavy atom. The molecule has 0 saturated heterocycles. The van der Waals surface area contributed by atoms with E-state index < -0.39 is 12.1 Å². The zero-order chi connectivity index (χ0) is 12.5. The van der Waals surface area contributed by atoms with Crippen molar-refractivity contribution in [3.8, 4) is 0 Å². The molecule has 1 aromatic rings. The van der Waals surface area contributed by atoms with Crippen LogP contribution in [0, 0.1) is 18.2 Å². The van der Waals surface area contributed by atoms with E-state index in [1.54, 1.807) is 19.1 Å². The van der Waals surface area contributed by atoms with Gasteiger partial charge in [-0.05, 0) is 29.5 Å². The molecule has 0 aliphatic carbocycles. The van der Waals surface area contributed by atoms with E-state index in [1.165, 1.54) is 6.07 Å². The molecule has 98 valence electrons. The predicted molar refractivity (Wildman–Crippen MR) is 70.8 cm³/mol. The van der Waals surface area contributed by atoms with Crippen LogP contribution in [0.5, 0.6) is 0 Å². The Labute approximate surface area is 108 Å². The molecule has 0 aliphatic rings. The molecule has 0 aromatic heterocycles. The second kappa shape index (κ2) is 5.80. The summed E-state index contributed by atoms with van der Waals surface area (Å²) in [6.07, 6.45) is -0.701. The summed E-state index contributed by atoms with van der Waals surface area (Å²) in [5, 5.41) is 10.1. The minimum Gasteiger partial charge on any atom is -0.391 e. The van der Waals surface area contributed by atoms with Crippen molar-refractivity contribution in [2.24, 2.45) is 11.1 Å². The van der Waals surface area contributed by atoms with Crippen molar-refractivity contribution in [1.29, 1.82) is 0 Å². The van der Waals surface area contributed by atoms with Crippen LogP contribution in [0.3, 0.4) is 0 Å². The highest BCUT2D eigenvalue weighted by Gasteiger charge is 2.30. The van der Waals surface area contributed by atoms with Gasteiger partial charge < -0.3 is 10.8 Å². The van der Waals surface area contributed by atoms with Crippen molar-refractivity contribution in [1.82, 2.24) is 0 Å². The van der Waals surface area contributed by atoms with Gasteiger partial charge in [0.2, 0.25) is 0 Å². The topological polar surface area (TPSA) is 46.2 Å². The lowest BCUT2D eigenvalue weighted by molar-refractivity contribution is 0.0398. The van der Waals surface area contributed by atoms with E-state index in [0.29, 0.717) is 11.1 Å². The molecule has 0 fully saturated rings. The summed E-state index contributed by atoms with van der Waals surface area (Å²) in [5.74, 6) is -0.283. The van der Waals surface area contributed by atoms with E-state index in [1.807, 2.05) is 20.8 Å². The average Bonchev–Trinajstić information content (AvgIpc) is 2.18. The molecule has 2 atom stereocenters. The molecule has 3 N–H and O–H groups in total. The number of aliphatic hydroxyl groups excluding tert-OH is 1. The van der Waals surface area contributed by atoms with E-state index >= 15 is 0 Å². The third-order valence-electron chi connectivity index (χ3n) is 2.90. The van der Waals surface area contributed by atoms with Gasteiger partial charge in [-0.25, -0.2) is 4.39 Å². The van der Waals surface area contributed by atoms with E-state index in [2.05, 4.69) is 0 Å². The summed E-state index contributed by atoms with van der Waals surface area (Å²) >= 11 is 0. The number of rotatable bonds is 2. The molecular weight excluding hydrogens is 241 g/mol. The van der Waals surface area contributed by atoms with Crippen LogP contribution >= 0.6 is 12.4 Å². The molecule has 4 heteroatoms. The van der Waals surface area contributed by atoms with Crippen LogP contribution in [0.15, 0.2) is 18.2 Å². The Morgan fingerprint density at radius 2 is 1.82 bits per heavy atom. The van der Waals surface area contributed by atoms with Gasteiger partial charge in [0.25, 0.3) is 0 Å². The normalized spacial score (nSPS) is 15.0. The van der Waals surface area contributed by atoms with Crippen LogP contribution in [0.1, 0.15) is 37.9 Å². The van der Waals surface area contributed by atoms with Gasteiger partial charge in [-0.3, -0.25) is 0 Å². The Bertz CT molecular complexity index is 376. The van der Waals surface area contributed by atoms with E-state index in [-0.39, 0.29) is 23.6 Å². The lowest BCUT2D eigenvalue weighted by atomic mass is 9.81. The highest BCUT2D eigenvalue weighted by atomic mass is 35.5. The fourth-order valence-corrected chi connectivity index (χ4v) is 1.69.